The van der Waals surface area contributed by atoms with Gasteiger partial charge in [0.05, 0.1) is 0 Å². The first kappa shape index (κ1) is 11.0. The fourth-order valence-corrected chi connectivity index (χ4v) is 1.80. The molecule has 0 aromatic heterocycles. The van der Waals surface area contributed by atoms with Gasteiger partial charge in [0, 0.05) is 32.7 Å². The van der Waals surface area contributed by atoms with Gasteiger partial charge >= 0.3 is 0 Å². The molecule has 1 aliphatic rings. The average Bonchev–Trinajstić information content (AvgIpc) is 2.19. The van der Waals surface area contributed by atoms with Gasteiger partial charge in [0.15, 0.2) is 0 Å². The fourth-order valence-electron chi connectivity index (χ4n) is 1.80. The summed E-state index contributed by atoms with van der Waals surface area (Å²) in [5, 5.41) is 0. The molecule has 78 valence electrons. The van der Waals surface area contributed by atoms with E-state index in [2.05, 4.69) is 23.6 Å². The molecule has 0 aromatic rings. The van der Waals surface area contributed by atoms with Gasteiger partial charge in [-0.25, -0.2) is 0 Å². The molecule has 1 saturated heterocycles. The number of rotatable bonds is 4. The minimum Gasteiger partial charge on any atom is -0.330 e. The van der Waals surface area contributed by atoms with Gasteiger partial charge in [0.1, 0.15) is 0 Å². The molecule has 0 bridgehead atoms. The minimum atomic E-state index is 0.646. The van der Waals surface area contributed by atoms with E-state index in [0.29, 0.717) is 5.92 Å². The quantitative estimate of drug-likeness (QED) is 0.680. The van der Waals surface area contributed by atoms with Gasteiger partial charge in [-0.05, 0) is 19.0 Å². The van der Waals surface area contributed by atoms with Crippen LogP contribution in [-0.4, -0.2) is 55.6 Å². The zero-order chi connectivity index (χ0) is 9.68. The van der Waals surface area contributed by atoms with E-state index in [9.17, 15) is 0 Å². The van der Waals surface area contributed by atoms with Gasteiger partial charge in [0.25, 0.3) is 0 Å². The third-order valence-corrected chi connectivity index (χ3v) is 2.88. The van der Waals surface area contributed by atoms with E-state index in [-0.39, 0.29) is 0 Å². The van der Waals surface area contributed by atoms with Gasteiger partial charge < -0.3 is 15.5 Å². The lowest BCUT2D eigenvalue weighted by atomic mass is 10.1. The van der Waals surface area contributed by atoms with E-state index in [1.807, 2.05) is 0 Å². The van der Waals surface area contributed by atoms with Crippen LogP contribution >= 0.6 is 0 Å². The predicted octanol–water partition coefficient (Wildman–Crippen LogP) is 0.219. The zero-order valence-electron chi connectivity index (χ0n) is 9.00. The Morgan fingerprint density at radius 2 is 1.69 bits per heavy atom. The van der Waals surface area contributed by atoms with Crippen LogP contribution in [0.3, 0.4) is 0 Å². The molecule has 0 aliphatic carbocycles. The molecule has 0 radical (unpaired) electrons. The van der Waals surface area contributed by atoms with Crippen LogP contribution < -0.4 is 5.73 Å². The van der Waals surface area contributed by atoms with E-state index in [4.69, 9.17) is 5.73 Å². The first-order valence-electron chi connectivity index (χ1n) is 5.41. The van der Waals surface area contributed by atoms with Crippen molar-refractivity contribution >= 4 is 0 Å². The van der Waals surface area contributed by atoms with Crippen molar-refractivity contribution < 1.29 is 0 Å². The second kappa shape index (κ2) is 5.58. The lowest BCUT2D eigenvalue weighted by Crippen LogP contribution is -2.47. The second-order valence-electron chi connectivity index (χ2n) is 4.08. The summed E-state index contributed by atoms with van der Waals surface area (Å²) in [6.07, 6.45) is 0. The molecule has 0 saturated carbocycles. The summed E-state index contributed by atoms with van der Waals surface area (Å²) in [6.45, 7) is 12.5. The maximum Gasteiger partial charge on any atom is 0.0110 e. The molecule has 2 N–H and O–H groups in total. The van der Waals surface area contributed by atoms with Crippen LogP contribution in [0.25, 0.3) is 0 Å². The number of likely N-dealkylation sites (N-methyl/N-ethyl adjacent to an activating group) is 1. The molecule has 0 aromatic carbocycles. The highest BCUT2D eigenvalue weighted by atomic mass is 15.3. The first-order chi connectivity index (χ1) is 6.26. The summed E-state index contributed by atoms with van der Waals surface area (Å²) >= 11 is 0. The monoisotopic (exact) mass is 185 g/mol. The molecular weight excluding hydrogens is 162 g/mol. The van der Waals surface area contributed by atoms with Crippen molar-refractivity contribution in [2.24, 2.45) is 11.7 Å². The summed E-state index contributed by atoms with van der Waals surface area (Å²) in [4.78, 5) is 5.04. The Hall–Kier alpha value is -0.120. The Bertz CT molecular complexity index is 130. The Kier molecular flexibility index (Phi) is 4.70. The first-order valence-corrected chi connectivity index (χ1v) is 5.41. The third-order valence-electron chi connectivity index (χ3n) is 2.88. The lowest BCUT2D eigenvalue weighted by molar-refractivity contribution is 0.125. The molecule has 1 fully saturated rings. The largest absolute Gasteiger partial charge is 0.330 e. The normalized spacial score (nSPS) is 23.3. The van der Waals surface area contributed by atoms with Crippen LogP contribution in [0, 0.1) is 5.92 Å². The summed E-state index contributed by atoms with van der Waals surface area (Å²) < 4.78 is 0. The Balaban J connectivity index is 2.17. The molecule has 3 heteroatoms. The van der Waals surface area contributed by atoms with Gasteiger partial charge in [0.2, 0.25) is 0 Å². The lowest BCUT2D eigenvalue weighted by Gasteiger charge is -2.35. The Morgan fingerprint density at radius 3 is 2.15 bits per heavy atom. The van der Waals surface area contributed by atoms with Crippen molar-refractivity contribution in [3.63, 3.8) is 0 Å². The van der Waals surface area contributed by atoms with Crippen molar-refractivity contribution in [3.05, 3.63) is 0 Å². The highest BCUT2D eigenvalue weighted by molar-refractivity contribution is 4.72. The molecule has 1 aliphatic heterocycles. The van der Waals surface area contributed by atoms with Gasteiger partial charge in [-0.1, -0.05) is 13.8 Å². The molecular formula is C10H23N3. The minimum absolute atomic E-state index is 0.646. The smallest absolute Gasteiger partial charge is 0.0110 e. The van der Waals surface area contributed by atoms with E-state index in [1.54, 1.807) is 0 Å². The van der Waals surface area contributed by atoms with Crippen LogP contribution in [0.1, 0.15) is 13.8 Å². The van der Waals surface area contributed by atoms with Crippen LogP contribution in [-0.2, 0) is 0 Å². The average molecular weight is 185 g/mol. The van der Waals surface area contributed by atoms with Crippen molar-refractivity contribution in [1.82, 2.24) is 9.80 Å². The number of nitrogens with two attached hydrogens (primary N) is 1. The molecule has 1 rings (SSSR count). The maximum atomic E-state index is 5.61. The van der Waals surface area contributed by atoms with Gasteiger partial charge in [-0.2, -0.15) is 0 Å². The van der Waals surface area contributed by atoms with E-state index >= 15 is 0 Å². The number of piperazine rings is 1. The third kappa shape index (κ3) is 3.63. The molecule has 0 spiro atoms. The second-order valence-corrected chi connectivity index (χ2v) is 4.08. The van der Waals surface area contributed by atoms with Crippen molar-refractivity contribution in [2.45, 2.75) is 13.8 Å². The van der Waals surface area contributed by atoms with E-state index in [0.717, 1.165) is 6.54 Å². The van der Waals surface area contributed by atoms with Gasteiger partial charge in [-0.3, -0.25) is 0 Å². The van der Waals surface area contributed by atoms with Crippen molar-refractivity contribution in [2.75, 3.05) is 45.8 Å². The highest BCUT2D eigenvalue weighted by Gasteiger charge is 2.16. The fraction of sp³-hybridized carbons (Fsp3) is 1.00. The topological polar surface area (TPSA) is 32.5 Å². The number of nitrogens with zero attached hydrogens (tertiary/aromatic N) is 2. The van der Waals surface area contributed by atoms with Crippen LogP contribution in [0.15, 0.2) is 0 Å². The molecule has 13 heavy (non-hydrogen) atoms. The molecule has 1 atom stereocenters. The van der Waals surface area contributed by atoms with Crippen LogP contribution in [0.2, 0.25) is 0 Å². The van der Waals surface area contributed by atoms with Crippen molar-refractivity contribution in [3.8, 4) is 0 Å². The van der Waals surface area contributed by atoms with E-state index < -0.39 is 0 Å². The Morgan fingerprint density at radius 1 is 1.15 bits per heavy atom. The zero-order valence-corrected chi connectivity index (χ0v) is 9.00. The summed E-state index contributed by atoms with van der Waals surface area (Å²) in [7, 11) is 0. The van der Waals surface area contributed by atoms with E-state index in [1.165, 1.54) is 39.3 Å². The predicted molar refractivity (Wildman–Crippen MR) is 56.8 cm³/mol. The summed E-state index contributed by atoms with van der Waals surface area (Å²) in [6, 6.07) is 0. The SMILES string of the molecule is CCN1CCN(C[C@H](C)CN)CC1. The van der Waals surface area contributed by atoms with Crippen LogP contribution in [0.5, 0.6) is 0 Å². The van der Waals surface area contributed by atoms with Crippen molar-refractivity contribution in [1.29, 1.82) is 0 Å². The number of hydrogen-bond donors (Lipinski definition) is 1. The Labute approximate surface area is 81.9 Å². The highest BCUT2D eigenvalue weighted by Crippen LogP contribution is 2.04. The molecule has 0 amide bonds. The summed E-state index contributed by atoms with van der Waals surface area (Å²) in [5.74, 6) is 0.646. The standard InChI is InChI=1S/C10H23N3/c1-3-12-4-6-13(7-5-12)9-10(2)8-11/h10H,3-9,11H2,1-2H3/t10-/m1/s1. The maximum absolute atomic E-state index is 5.61. The molecule has 1 heterocycles. The molecule has 3 nitrogen and oxygen atoms in total. The van der Waals surface area contributed by atoms with Gasteiger partial charge in [-0.15, -0.1) is 0 Å². The summed E-state index contributed by atoms with van der Waals surface area (Å²) in [5.41, 5.74) is 5.61. The molecule has 0 unspecified atom stereocenters. The number of hydrogen-bond acceptors (Lipinski definition) is 3. The van der Waals surface area contributed by atoms with Crippen LogP contribution in [0.4, 0.5) is 0 Å².